The summed E-state index contributed by atoms with van der Waals surface area (Å²) in [7, 11) is 0. The first-order valence-electron chi connectivity index (χ1n) is 5.81. The average Bonchev–Trinajstić information content (AvgIpc) is 2.30. The number of hydrazone groups is 1. The van der Waals surface area contributed by atoms with Crippen molar-refractivity contribution in [1.29, 1.82) is 0 Å². The van der Waals surface area contributed by atoms with E-state index in [4.69, 9.17) is 0 Å². The van der Waals surface area contributed by atoms with Gasteiger partial charge < -0.3 is 0 Å². The summed E-state index contributed by atoms with van der Waals surface area (Å²) in [6.07, 6.45) is 1.77. The summed E-state index contributed by atoms with van der Waals surface area (Å²) in [5.74, 6) is 1.45. The zero-order valence-electron chi connectivity index (χ0n) is 10.8. The molecule has 18 heavy (non-hydrogen) atoms. The Bertz CT molecular complexity index is 538. The Morgan fingerprint density at radius 3 is 2.44 bits per heavy atom. The maximum absolute atomic E-state index is 4.24. The lowest BCUT2D eigenvalue weighted by atomic mass is 10.2. The molecule has 1 aromatic heterocycles. The van der Waals surface area contributed by atoms with Crippen LogP contribution in [0.25, 0.3) is 0 Å². The molecule has 0 saturated carbocycles. The smallest absolute Gasteiger partial charge is 0.150 e. The molecule has 1 N–H and O–H groups in total. The molecule has 0 bridgehead atoms. The van der Waals surface area contributed by atoms with Gasteiger partial charge in [-0.2, -0.15) is 5.10 Å². The molecule has 0 saturated heterocycles. The molecule has 0 unspecified atom stereocenters. The monoisotopic (exact) mass is 240 g/mol. The first-order valence-corrected chi connectivity index (χ1v) is 5.81. The highest BCUT2D eigenvalue weighted by molar-refractivity contribution is 5.80. The molecular formula is C14H16N4. The van der Waals surface area contributed by atoms with Crippen molar-refractivity contribution >= 4 is 12.0 Å². The first-order chi connectivity index (χ1) is 8.63. The Morgan fingerprint density at radius 2 is 1.78 bits per heavy atom. The second-order valence-electron chi connectivity index (χ2n) is 4.22. The van der Waals surface area contributed by atoms with Crippen LogP contribution >= 0.6 is 0 Å². The SMILES string of the molecule is Cc1ccc(/C=N/Nc2cc(C)nc(C)n2)cc1. The van der Waals surface area contributed by atoms with Crippen LogP contribution in [0.2, 0.25) is 0 Å². The third-order valence-electron chi connectivity index (χ3n) is 2.44. The minimum Gasteiger partial charge on any atom is -0.261 e. The van der Waals surface area contributed by atoms with Gasteiger partial charge in [0.1, 0.15) is 11.6 Å². The summed E-state index contributed by atoms with van der Waals surface area (Å²) in [6.45, 7) is 5.86. The summed E-state index contributed by atoms with van der Waals surface area (Å²) >= 11 is 0. The van der Waals surface area contributed by atoms with E-state index in [0.717, 1.165) is 17.1 Å². The number of anilines is 1. The van der Waals surface area contributed by atoms with Crippen LogP contribution in [0, 0.1) is 20.8 Å². The molecule has 2 rings (SSSR count). The van der Waals surface area contributed by atoms with E-state index in [0.29, 0.717) is 5.82 Å². The van der Waals surface area contributed by atoms with E-state index in [9.17, 15) is 0 Å². The van der Waals surface area contributed by atoms with E-state index < -0.39 is 0 Å². The zero-order chi connectivity index (χ0) is 13.0. The lowest BCUT2D eigenvalue weighted by Gasteiger charge is -2.01. The van der Waals surface area contributed by atoms with Crippen molar-refractivity contribution in [2.24, 2.45) is 5.10 Å². The van der Waals surface area contributed by atoms with Gasteiger partial charge in [0, 0.05) is 11.8 Å². The predicted octanol–water partition coefficient (Wildman–Crippen LogP) is 2.85. The van der Waals surface area contributed by atoms with Crippen molar-refractivity contribution in [1.82, 2.24) is 9.97 Å². The molecule has 1 heterocycles. The number of nitrogens with one attached hydrogen (secondary N) is 1. The van der Waals surface area contributed by atoms with Gasteiger partial charge in [0.15, 0.2) is 0 Å². The predicted molar refractivity (Wildman–Crippen MR) is 73.9 cm³/mol. The largest absolute Gasteiger partial charge is 0.261 e. The fraction of sp³-hybridized carbons (Fsp3) is 0.214. The lowest BCUT2D eigenvalue weighted by Crippen LogP contribution is -1.98. The topological polar surface area (TPSA) is 50.2 Å². The number of benzene rings is 1. The van der Waals surface area contributed by atoms with E-state index in [1.807, 2.05) is 32.0 Å². The molecule has 0 fully saturated rings. The second kappa shape index (κ2) is 5.40. The summed E-state index contributed by atoms with van der Waals surface area (Å²) in [5, 5.41) is 4.16. The average molecular weight is 240 g/mol. The minimum absolute atomic E-state index is 0.711. The molecule has 1 aromatic carbocycles. The van der Waals surface area contributed by atoms with E-state index in [2.05, 4.69) is 39.6 Å². The maximum atomic E-state index is 4.24. The van der Waals surface area contributed by atoms with Crippen molar-refractivity contribution in [2.75, 3.05) is 5.43 Å². The third kappa shape index (κ3) is 3.38. The van der Waals surface area contributed by atoms with Gasteiger partial charge in [0.25, 0.3) is 0 Å². The van der Waals surface area contributed by atoms with Crippen LogP contribution in [0.1, 0.15) is 22.6 Å². The minimum atomic E-state index is 0.711. The lowest BCUT2D eigenvalue weighted by molar-refractivity contribution is 1.01. The molecule has 0 amide bonds. The molecule has 0 radical (unpaired) electrons. The normalized spacial score (nSPS) is 10.8. The van der Waals surface area contributed by atoms with Gasteiger partial charge in [-0.15, -0.1) is 0 Å². The van der Waals surface area contributed by atoms with Gasteiger partial charge in [0.05, 0.1) is 6.21 Å². The van der Waals surface area contributed by atoms with Crippen molar-refractivity contribution in [2.45, 2.75) is 20.8 Å². The van der Waals surface area contributed by atoms with E-state index >= 15 is 0 Å². The number of aromatic nitrogens is 2. The van der Waals surface area contributed by atoms with Crippen LogP contribution in [0.5, 0.6) is 0 Å². The zero-order valence-corrected chi connectivity index (χ0v) is 10.8. The quantitative estimate of drug-likeness (QED) is 0.663. The van der Waals surface area contributed by atoms with E-state index in [1.54, 1.807) is 6.21 Å². The fourth-order valence-electron chi connectivity index (χ4n) is 1.60. The summed E-state index contributed by atoms with van der Waals surface area (Å²) in [5.41, 5.74) is 6.12. The molecule has 0 atom stereocenters. The molecule has 4 heteroatoms. The van der Waals surface area contributed by atoms with E-state index in [-0.39, 0.29) is 0 Å². The number of hydrogen-bond acceptors (Lipinski definition) is 4. The molecule has 0 aliphatic rings. The van der Waals surface area contributed by atoms with Gasteiger partial charge >= 0.3 is 0 Å². The number of rotatable bonds is 3. The van der Waals surface area contributed by atoms with Crippen molar-refractivity contribution in [3.05, 3.63) is 53.0 Å². The third-order valence-corrected chi connectivity index (χ3v) is 2.44. The Morgan fingerprint density at radius 1 is 1.06 bits per heavy atom. The van der Waals surface area contributed by atoms with Crippen molar-refractivity contribution < 1.29 is 0 Å². The van der Waals surface area contributed by atoms with Gasteiger partial charge in [0.2, 0.25) is 0 Å². The molecule has 92 valence electrons. The Labute approximate surface area is 107 Å². The number of nitrogens with zero attached hydrogens (tertiary/aromatic N) is 3. The molecule has 0 aliphatic carbocycles. The molecule has 0 aliphatic heterocycles. The van der Waals surface area contributed by atoms with E-state index in [1.165, 1.54) is 5.56 Å². The first kappa shape index (κ1) is 12.2. The van der Waals surface area contributed by atoms with Crippen LogP contribution in [-0.2, 0) is 0 Å². The van der Waals surface area contributed by atoms with Crippen LogP contribution in [0.3, 0.4) is 0 Å². The highest BCUT2D eigenvalue weighted by Crippen LogP contribution is 2.05. The standard InChI is InChI=1S/C14H16N4/c1-10-4-6-13(7-5-10)9-15-18-14-8-11(2)16-12(3)17-14/h4-9H,1-3H3,(H,16,17,18)/b15-9+. The highest BCUT2D eigenvalue weighted by atomic mass is 15.3. The van der Waals surface area contributed by atoms with Crippen molar-refractivity contribution in [3.63, 3.8) is 0 Å². The van der Waals surface area contributed by atoms with Crippen LogP contribution in [0.4, 0.5) is 5.82 Å². The highest BCUT2D eigenvalue weighted by Gasteiger charge is 1.96. The summed E-state index contributed by atoms with van der Waals surface area (Å²) < 4.78 is 0. The van der Waals surface area contributed by atoms with Gasteiger partial charge in [-0.05, 0) is 26.3 Å². The number of aryl methyl sites for hydroxylation is 3. The second-order valence-corrected chi connectivity index (χ2v) is 4.22. The Balaban J connectivity index is 2.04. The fourth-order valence-corrected chi connectivity index (χ4v) is 1.60. The van der Waals surface area contributed by atoms with Crippen LogP contribution < -0.4 is 5.43 Å². The summed E-state index contributed by atoms with van der Waals surface area (Å²) in [6, 6.07) is 10.0. The Kier molecular flexibility index (Phi) is 3.67. The Hall–Kier alpha value is -2.23. The van der Waals surface area contributed by atoms with Gasteiger partial charge in [-0.25, -0.2) is 9.97 Å². The molecule has 4 nitrogen and oxygen atoms in total. The summed E-state index contributed by atoms with van der Waals surface area (Å²) in [4.78, 5) is 8.45. The number of hydrogen-bond donors (Lipinski definition) is 1. The van der Waals surface area contributed by atoms with Crippen molar-refractivity contribution in [3.8, 4) is 0 Å². The van der Waals surface area contributed by atoms with Gasteiger partial charge in [-0.3, -0.25) is 5.43 Å². The van der Waals surface area contributed by atoms with Crippen LogP contribution in [-0.4, -0.2) is 16.2 Å². The molecule has 2 aromatic rings. The molecular weight excluding hydrogens is 224 g/mol. The van der Waals surface area contributed by atoms with Gasteiger partial charge in [-0.1, -0.05) is 29.8 Å². The van der Waals surface area contributed by atoms with Crippen LogP contribution in [0.15, 0.2) is 35.4 Å². The maximum Gasteiger partial charge on any atom is 0.150 e. The molecule has 0 spiro atoms.